The van der Waals surface area contributed by atoms with Crippen molar-refractivity contribution in [1.82, 2.24) is 24.6 Å². The molecule has 8 heteroatoms. The number of nitrogen functional groups attached to an aromatic ring is 1. The van der Waals surface area contributed by atoms with E-state index in [0.29, 0.717) is 29.2 Å². The summed E-state index contributed by atoms with van der Waals surface area (Å²) >= 11 is 0. The van der Waals surface area contributed by atoms with Crippen LogP contribution < -0.4 is 11.1 Å². The summed E-state index contributed by atoms with van der Waals surface area (Å²) < 4.78 is 6.70. The second-order valence-electron chi connectivity index (χ2n) is 5.74. The van der Waals surface area contributed by atoms with Crippen LogP contribution in [0.1, 0.15) is 27.2 Å². The second kappa shape index (κ2) is 6.69. The Morgan fingerprint density at radius 3 is 2.88 bits per heavy atom. The zero-order valence-corrected chi connectivity index (χ0v) is 14.0. The fourth-order valence-corrected chi connectivity index (χ4v) is 2.28. The Morgan fingerprint density at radius 2 is 2.17 bits per heavy atom. The monoisotopic (exact) mass is 327 g/mol. The third kappa shape index (κ3) is 3.22. The van der Waals surface area contributed by atoms with Gasteiger partial charge in [0.25, 0.3) is 5.78 Å². The highest BCUT2D eigenvalue weighted by Gasteiger charge is 2.16. The summed E-state index contributed by atoms with van der Waals surface area (Å²) in [6, 6.07) is 3.75. The smallest absolute Gasteiger partial charge is 0.259 e. The topological polar surface area (TPSA) is 107 Å². The summed E-state index contributed by atoms with van der Waals surface area (Å²) in [4.78, 5) is 13.0. The molecule has 0 aromatic carbocycles. The number of fused-ring (bicyclic) bond motifs is 1. The minimum absolute atomic E-state index is 0.190. The van der Waals surface area contributed by atoms with Gasteiger partial charge in [0.05, 0.1) is 6.26 Å². The van der Waals surface area contributed by atoms with E-state index < -0.39 is 0 Å². The first-order chi connectivity index (χ1) is 11.6. The van der Waals surface area contributed by atoms with Crippen molar-refractivity contribution >= 4 is 17.7 Å². The molecule has 24 heavy (non-hydrogen) atoms. The molecule has 0 fully saturated rings. The van der Waals surface area contributed by atoms with Gasteiger partial charge in [0.1, 0.15) is 0 Å². The molecule has 2 atom stereocenters. The minimum Gasteiger partial charge on any atom is -0.461 e. The molecule has 3 N–H and O–H groups in total. The summed E-state index contributed by atoms with van der Waals surface area (Å²) in [5.41, 5.74) is 5.98. The van der Waals surface area contributed by atoms with Gasteiger partial charge in [0.15, 0.2) is 5.76 Å². The van der Waals surface area contributed by atoms with E-state index >= 15 is 0 Å². The number of hydrogen-bond donors (Lipinski definition) is 2. The zero-order valence-electron chi connectivity index (χ0n) is 14.0. The van der Waals surface area contributed by atoms with Crippen LogP contribution in [0.25, 0.3) is 17.4 Å². The number of furan rings is 1. The third-order valence-corrected chi connectivity index (χ3v) is 3.93. The van der Waals surface area contributed by atoms with Crippen molar-refractivity contribution in [3.05, 3.63) is 30.5 Å². The van der Waals surface area contributed by atoms with Gasteiger partial charge in [-0.3, -0.25) is 0 Å². The molecule has 0 bridgehead atoms. The minimum atomic E-state index is 0.190. The van der Waals surface area contributed by atoms with Crippen molar-refractivity contribution in [3.63, 3.8) is 0 Å². The lowest BCUT2D eigenvalue weighted by Gasteiger charge is -2.20. The van der Waals surface area contributed by atoms with Crippen LogP contribution in [0.3, 0.4) is 0 Å². The van der Waals surface area contributed by atoms with Gasteiger partial charge < -0.3 is 15.5 Å². The van der Waals surface area contributed by atoms with Crippen molar-refractivity contribution in [2.45, 2.75) is 33.2 Å². The number of nitrogens with two attached hydrogens (primary N) is 1. The molecule has 126 valence electrons. The van der Waals surface area contributed by atoms with Gasteiger partial charge in [0, 0.05) is 6.04 Å². The highest BCUT2D eigenvalue weighted by atomic mass is 16.3. The first kappa shape index (κ1) is 16.0. The van der Waals surface area contributed by atoms with Crippen molar-refractivity contribution in [2.24, 2.45) is 5.92 Å². The fraction of sp³-hybridized carbons (Fsp3) is 0.375. The van der Waals surface area contributed by atoms with E-state index in [1.165, 1.54) is 4.52 Å². The fourth-order valence-electron chi connectivity index (χ4n) is 2.28. The molecule has 0 amide bonds. The summed E-state index contributed by atoms with van der Waals surface area (Å²) in [5.74, 6) is 2.46. The molecule has 0 aliphatic rings. The SMILES string of the molecule is C/C=C\C[C@H](C)C(C)Nc1nc(N)n2nc(-c3ccco3)nc2n1. The molecule has 3 heterocycles. The molecule has 0 spiro atoms. The predicted molar refractivity (Wildman–Crippen MR) is 92.4 cm³/mol. The van der Waals surface area contributed by atoms with Crippen LogP contribution in [-0.4, -0.2) is 30.6 Å². The normalized spacial score (nSPS) is 14.3. The number of hydrogen-bond acceptors (Lipinski definition) is 7. The van der Waals surface area contributed by atoms with Gasteiger partial charge in [-0.25, -0.2) is 0 Å². The maximum Gasteiger partial charge on any atom is 0.259 e. The molecule has 0 aliphatic heterocycles. The number of nitrogens with one attached hydrogen (secondary N) is 1. The largest absolute Gasteiger partial charge is 0.461 e. The van der Waals surface area contributed by atoms with E-state index in [1.54, 1.807) is 18.4 Å². The quantitative estimate of drug-likeness (QED) is 0.670. The number of aromatic nitrogens is 5. The van der Waals surface area contributed by atoms with Gasteiger partial charge in [0.2, 0.25) is 17.7 Å². The van der Waals surface area contributed by atoms with E-state index in [2.05, 4.69) is 51.4 Å². The van der Waals surface area contributed by atoms with Gasteiger partial charge in [-0.15, -0.1) is 5.10 Å². The van der Waals surface area contributed by atoms with Crippen molar-refractivity contribution in [2.75, 3.05) is 11.1 Å². The average molecular weight is 327 g/mol. The molecule has 1 unspecified atom stereocenters. The van der Waals surface area contributed by atoms with Crippen molar-refractivity contribution in [1.29, 1.82) is 0 Å². The first-order valence-electron chi connectivity index (χ1n) is 7.90. The van der Waals surface area contributed by atoms with E-state index in [9.17, 15) is 0 Å². The predicted octanol–water partition coefficient (Wildman–Crippen LogP) is 2.76. The molecule has 3 rings (SSSR count). The molecule has 0 radical (unpaired) electrons. The maximum atomic E-state index is 5.98. The third-order valence-electron chi connectivity index (χ3n) is 3.93. The van der Waals surface area contributed by atoms with E-state index in [0.717, 1.165) is 6.42 Å². The lowest BCUT2D eigenvalue weighted by atomic mass is 10.00. The van der Waals surface area contributed by atoms with Gasteiger partial charge in [-0.05, 0) is 38.3 Å². The number of anilines is 2. The molecule has 0 aliphatic carbocycles. The van der Waals surface area contributed by atoms with Gasteiger partial charge >= 0.3 is 0 Å². The Balaban J connectivity index is 1.85. The van der Waals surface area contributed by atoms with E-state index in [4.69, 9.17) is 10.2 Å². The summed E-state index contributed by atoms with van der Waals surface area (Å²) in [6.07, 6.45) is 6.75. The number of rotatable bonds is 6. The Hall–Kier alpha value is -2.90. The lowest BCUT2D eigenvalue weighted by Crippen LogP contribution is -2.25. The molecule has 3 aromatic heterocycles. The Kier molecular flexibility index (Phi) is 4.45. The summed E-state index contributed by atoms with van der Waals surface area (Å²) in [7, 11) is 0. The highest BCUT2D eigenvalue weighted by Crippen LogP contribution is 2.18. The Bertz CT molecular complexity index is 838. The Morgan fingerprint density at radius 1 is 1.33 bits per heavy atom. The maximum absolute atomic E-state index is 5.98. The van der Waals surface area contributed by atoms with Gasteiger partial charge in [-0.2, -0.15) is 19.5 Å². The van der Waals surface area contributed by atoms with Crippen LogP contribution in [0.15, 0.2) is 35.0 Å². The van der Waals surface area contributed by atoms with Crippen molar-refractivity contribution < 1.29 is 4.42 Å². The number of nitrogens with zero attached hydrogens (tertiary/aromatic N) is 5. The average Bonchev–Trinajstić information content (AvgIpc) is 3.21. The van der Waals surface area contributed by atoms with Crippen LogP contribution in [0.4, 0.5) is 11.9 Å². The van der Waals surface area contributed by atoms with Crippen LogP contribution in [0.5, 0.6) is 0 Å². The van der Waals surface area contributed by atoms with E-state index in [-0.39, 0.29) is 12.0 Å². The molecule has 0 saturated carbocycles. The molecule has 0 saturated heterocycles. The van der Waals surface area contributed by atoms with Crippen LogP contribution >= 0.6 is 0 Å². The molecule has 8 nitrogen and oxygen atoms in total. The van der Waals surface area contributed by atoms with Crippen LogP contribution in [0.2, 0.25) is 0 Å². The van der Waals surface area contributed by atoms with Crippen LogP contribution in [0, 0.1) is 5.92 Å². The van der Waals surface area contributed by atoms with Gasteiger partial charge in [-0.1, -0.05) is 19.1 Å². The molecule has 3 aromatic rings. The summed E-state index contributed by atoms with van der Waals surface area (Å²) in [6.45, 7) is 6.28. The van der Waals surface area contributed by atoms with Crippen LogP contribution in [-0.2, 0) is 0 Å². The highest BCUT2D eigenvalue weighted by molar-refractivity contribution is 5.52. The number of allylic oxidation sites excluding steroid dienone is 2. The Labute approximate surface area is 139 Å². The lowest BCUT2D eigenvalue weighted by molar-refractivity contribution is 0.513. The molecular formula is C16H21N7O. The van der Waals surface area contributed by atoms with E-state index in [1.807, 2.05) is 6.92 Å². The molecular weight excluding hydrogens is 306 g/mol. The van der Waals surface area contributed by atoms with Crippen molar-refractivity contribution in [3.8, 4) is 11.6 Å². The first-order valence-corrected chi connectivity index (χ1v) is 7.90. The summed E-state index contributed by atoms with van der Waals surface area (Å²) in [5, 5.41) is 7.56. The standard InChI is InChI=1S/C16H21N7O/c1-4-5-7-10(2)11(3)18-15-20-14(17)23-16(21-15)19-13(22-23)12-8-6-9-24-12/h4-6,8-11H,7H2,1-3H3,(H3,17,18,19,20,21,22)/b5-4-/t10-,11?/m0/s1. The second-order valence-corrected chi connectivity index (χ2v) is 5.74. The zero-order chi connectivity index (χ0) is 17.1.